The Hall–Kier alpha value is -1.09. The standard InChI is InChI=1S/C21H33O8P/c1-20(2,25-6)28-30(23,29-21(3,4)26-7)14-13-16-17(22)19(24-5)18(27-16)15-11-9-8-10-12-15/h8-14,16-19,22H,1-7H3/b14-13+/t16-,17-,18+,19-/m1/s1. The van der Waals surface area contributed by atoms with Crippen molar-refractivity contribution in [3.63, 3.8) is 0 Å². The molecule has 8 nitrogen and oxygen atoms in total. The predicted octanol–water partition coefficient (Wildman–Crippen LogP) is 4.01. The van der Waals surface area contributed by atoms with Gasteiger partial charge in [-0.2, -0.15) is 0 Å². The van der Waals surface area contributed by atoms with E-state index in [9.17, 15) is 9.67 Å². The molecule has 1 aliphatic rings. The van der Waals surface area contributed by atoms with Gasteiger partial charge in [0.25, 0.3) is 0 Å². The molecule has 170 valence electrons. The van der Waals surface area contributed by atoms with Gasteiger partial charge in [0, 0.05) is 27.1 Å². The molecule has 1 heterocycles. The van der Waals surface area contributed by atoms with Crippen molar-refractivity contribution >= 4 is 7.60 Å². The molecule has 0 bridgehead atoms. The highest BCUT2D eigenvalue weighted by Crippen LogP contribution is 2.56. The van der Waals surface area contributed by atoms with Crippen LogP contribution in [-0.4, -0.2) is 56.3 Å². The minimum absolute atomic E-state index is 0.479. The van der Waals surface area contributed by atoms with Crippen LogP contribution in [0, 0.1) is 0 Å². The van der Waals surface area contributed by atoms with Crippen LogP contribution >= 0.6 is 7.60 Å². The van der Waals surface area contributed by atoms with Crippen molar-refractivity contribution in [1.29, 1.82) is 0 Å². The first kappa shape index (κ1) is 25.2. The van der Waals surface area contributed by atoms with E-state index in [4.69, 9.17) is 28.0 Å². The van der Waals surface area contributed by atoms with Gasteiger partial charge in [0.2, 0.25) is 0 Å². The number of hydrogen-bond acceptors (Lipinski definition) is 8. The van der Waals surface area contributed by atoms with Crippen molar-refractivity contribution < 1.29 is 37.7 Å². The van der Waals surface area contributed by atoms with Crippen molar-refractivity contribution in [2.24, 2.45) is 0 Å². The number of aliphatic hydroxyl groups is 1. The highest BCUT2D eigenvalue weighted by atomic mass is 31.2. The molecule has 0 saturated carbocycles. The van der Waals surface area contributed by atoms with Crippen molar-refractivity contribution in [3.8, 4) is 0 Å². The molecular formula is C21H33O8P. The molecule has 30 heavy (non-hydrogen) atoms. The fourth-order valence-corrected chi connectivity index (χ4v) is 4.90. The number of ether oxygens (including phenoxy) is 4. The van der Waals surface area contributed by atoms with Gasteiger partial charge in [-0.3, -0.25) is 13.6 Å². The molecule has 0 unspecified atom stereocenters. The normalized spacial score (nSPS) is 25.9. The molecule has 0 aliphatic carbocycles. The third-order valence-electron chi connectivity index (χ3n) is 4.81. The number of hydrogen-bond donors (Lipinski definition) is 1. The molecule has 9 heteroatoms. The first-order chi connectivity index (χ1) is 14.0. The number of methoxy groups -OCH3 is 3. The Labute approximate surface area is 178 Å². The smallest absolute Gasteiger partial charge is 0.358 e. The zero-order valence-electron chi connectivity index (χ0n) is 18.6. The van der Waals surface area contributed by atoms with Crippen LogP contribution in [0.4, 0.5) is 0 Å². The van der Waals surface area contributed by atoms with Crippen molar-refractivity contribution in [2.75, 3.05) is 21.3 Å². The lowest BCUT2D eigenvalue weighted by Gasteiger charge is -2.32. The Morgan fingerprint density at radius 2 is 1.53 bits per heavy atom. The van der Waals surface area contributed by atoms with Crippen molar-refractivity contribution in [3.05, 3.63) is 47.8 Å². The SMILES string of the molecule is CO[C@@H]1[C@H](O)[C@@H](/C=C/P(=O)(OC(C)(C)OC)OC(C)(C)OC)O[C@H]1c1ccccc1. The highest BCUT2D eigenvalue weighted by molar-refractivity contribution is 7.57. The first-order valence-electron chi connectivity index (χ1n) is 9.68. The van der Waals surface area contributed by atoms with Gasteiger partial charge in [-0.15, -0.1) is 0 Å². The van der Waals surface area contributed by atoms with E-state index in [0.29, 0.717) is 0 Å². The van der Waals surface area contributed by atoms with Crippen molar-refractivity contribution in [2.45, 2.75) is 63.7 Å². The Kier molecular flexibility index (Phi) is 8.41. The Balaban J connectivity index is 2.28. The Morgan fingerprint density at radius 1 is 1.00 bits per heavy atom. The summed E-state index contributed by atoms with van der Waals surface area (Å²) in [5.41, 5.74) is 0.871. The fourth-order valence-electron chi connectivity index (χ4n) is 2.98. The molecule has 1 aliphatic heterocycles. The van der Waals surface area contributed by atoms with Gasteiger partial charge >= 0.3 is 7.60 Å². The van der Waals surface area contributed by atoms with E-state index in [-0.39, 0.29) is 0 Å². The first-order valence-corrected chi connectivity index (χ1v) is 11.3. The van der Waals surface area contributed by atoms with E-state index < -0.39 is 43.6 Å². The molecule has 0 amide bonds. The molecule has 0 spiro atoms. The molecule has 1 N–H and O–H groups in total. The number of rotatable bonds is 10. The summed E-state index contributed by atoms with van der Waals surface area (Å²) in [4.78, 5) is 0. The molecule has 0 aromatic heterocycles. The highest BCUT2D eigenvalue weighted by Gasteiger charge is 2.44. The minimum atomic E-state index is -3.86. The van der Waals surface area contributed by atoms with Gasteiger partial charge in [-0.05, 0) is 39.3 Å². The largest absolute Gasteiger partial charge is 0.387 e. The quantitative estimate of drug-likeness (QED) is 0.428. The van der Waals surface area contributed by atoms with Crippen LogP contribution in [-0.2, 0) is 32.6 Å². The van der Waals surface area contributed by atoms with E-state index in [1.807, 2.05) is 30.3 Å². The van der Waals surface area contributed by atoms with Crippen LogP contribution in [0.15, 0.2) is 42.2 Å². The molecule has 2 rings (SSSR count). The van der Waals surface area contributed by atoms with E-state index in [2.05, 4.69) is 0 Å². The van der Waals surface area contributed by atoms with Crippen LogP contribution in [0.3, 0.4) is 0 Å². The Bertz CT molecular complexity index is 727. The molecule has 4 atom stereocenters. The summed E-state index contributed by atoms with van der Waals surface area (Å²) >= 11 is 0. The fraction of sp³-hybridized carbons (Fsp3) is 0.619. The average Bonchev–Trinajstić information content (AvgIpc) is 3.02. The molecule has 1 fully saturated rings. The second-order valence-electron chi connectivity index (χ2n) is 7.89. The molecule has 0 radical (unpaired) electrons. The van der Waals surface area contributed by atoms with E-state index >= 15 is 0 Å². The summed E-state index contributed by atoms with van der Waals surface area (Å²) in [5, 5.41) is 10.7. The number of benzene rings is 1. The summed E-state index contributed by atoms with van der Waals surface area (Å²) in [6.07, 6.45) is -1.35. The van der Waals surface area contributed by atoms with E-state index in [1.54, 1.807) is 27.7 Å². The second kappa shape index (κ2) is 10.0. The van der Waals surface area contributed by atoms with Gasteiger partial charge in [0.05, 0.1) is 0 Å². The van der Waals surface area contributed by atoms with Gasteiger partial charge in [0.15, 0.2) is 11.6 Å². The summed E-state index contributed by atoms with van der Waals surface area (Å²) in [7, 11) is 0.531. The average molecular weight is 444 g/mol. The van der Waals surface area contributed by atoms with Gasteiger partial charge in [-0.1, -0.05) is 30.3 Å². The van der Waals surface area contributed by atoms with E-state index in [0.717, 1.165) is 5.56 Å². The van der Waals surface area contributed by atoms with Crippen LogP contribution in [0.2, 0.25) is 0 Å². The maximum Gasteiger partial charge on any atom is 0.358 e. The molecule has 1 aromatic carbocycles. The second-order valence-corrected chi connectivity index (χ2v) is 9.64. The van der Waals surface area contributed by atoms with Gasteiger partial charge in [-0.25, -0.2) is 0 Å². The zero-order valence-corrected chi connectivity index (χ0v) is 19.5. The summed E-state index contributed by atoms with van der Waals surface area (Å²) in [5.74, 6) is -1.09. The lowest BCUT2D eigenvalue weighted by Crippen LogP contribution is -2.31. The van der Waals surface area contributed by atoms with Crippen LogP contribution in [0.25, 0.3) is 0 Å². The van der Waals surface area contributed by atoms with Crippen LogP contribution < -0.4 is 0 Å². The topological polar surface area (TPSA) is 92.7 Å². The van der Waals surface area contributed by atoms with Crippen LogP contribution in [0.5, 0.6) is 0 Å². The molecule has 1 saturated heterocycles. The summed E-state index contributed by atoms with van der Waals surface area (Å²) in [6.45, 7) is 6.46. The summed E-state index contributed by atoms with van der Waals surface area (Å²) < 4.78 is 46.7. The third-order valence-corrected chi connectivity index (χ3v) is 6.74. The predicted molar refractivity (Wildman–Crippen MR) is 112 cm³/mol. The maximum atomic E-state index is 13.5. The zero-order chi connectivity index (χ0) is 22.6. The van der Waals surface area contributed by atoms with Gasteiger partial charge < -0.3 is 24.1 Å². The Morgan fingerprint density at radius 3 is 2.00 bits per heavy atom. The third kappa shape index (κ3) is 6.45. The van der Waals surface area contributed by atoms with Crippen molar-refractivity contribution in [1.82, 2.24) is 0 Å². The molecular weight excluding hydrogens is 411 g/mol. The van der Waals surface area contributed by atoms with Crippen LogP contribution in [0.1, 0.15) is 39.4 Å². The molecule has 1 aromatic rings. The van der Waals surface area contributed by atoms with E-state index in [1.165, 1.54) is 33.2 Å². The minimum Gasteiger partial charge on any atom is -0.387 e. The van der Waals surface area contributed by atoms with Gasteiger partial charge in [0.1, 0.15) is 24.4 Å². The summed E-state index contributed by atoms with van der Waals surface area (Å²) in [6, 6.07) is 9.46. The maximum absolute atomic E-state index is 13.5. The monoisotopic (exact) mass is 444 g/mol. The lowest BCUT2D eigenvalue weighted by atomic mass is 10.0. The number of aliphatic hydroxyl groups excluding tert-OH is 1. The lowest BCUT2D eigenvalue weighted by molar-refractivity contribution is -0.171.